The van der Waals surface area contributed by atoms with Crippen LogP contribution < -0.4 is 4.74 Å². The standard InChI is InChI=1S/C15H15Cl2NO2/c16-10-4-7-14(13(17)8-10)20-9-15(19)18-11-2-1-3-12(18)6-5-11/h1-2,4,7-8,11-12H,3,5-6,9H2. The largest absolute Gasteiger partial charge is 0.482 e. The van der Waals surface area contributed by atoms with Crippen LogP contribution in [-0.2, 0) is 4.79 Å². The molecule has 1 aromatic rings. The molecule has 106 valence electrons. The van der Waals surface area contributed by atoms with Gasteiger partial charge in [-0.15, -0.1) is 0 Å². The number of halogens is 2. The van der Waals surface area contributed by atoms with E-state index in [0.29, 0.717) is 21.8 Å². The molecule has 1 aromatic carbocycles. The van der Waals surface area contributed by atoms with Crippen LogP contribution in [0.1, 0.15) is 19.3 Å². The average molecular weight is 312 g/mol. The Morgan fingerprint density at radius 3 is 2.95 bits per heavy atom. The molecular formula is C15H15Cl2NO2. The summed E-state index contributed by atoms with van der Waals surface area (Å²) in [5.41, 5.74) is 0. The highest BCUT2D eigenvalue weighted by Crippen LogP contribution is 2.32. The number of fused-ring (bicyclic) bond motifs is 2. The van der Waals surface area contributed by atoms with Gasteiger partial charge in [-0.05, 0) is 37.5 Å². The molecule has 5 heteroatoms. The lowest BCUT2D eigenvalue weighted by Gasteiger charge is -2.31. The van der Waals surface area contributed by atoms with E-state index in [1.54, 1.807) is 18.2 Å². The van der Waals surface area contributed by atoms with Gasteiger partial charge >= 0.3 is 0 Å². The lowest BCUT2D eigenvalue weighted by molar-refractivity contribution is -0.135. The molecular weight excluding hydrogens is 297 g/mol. The van der Waals surface area contributed by atoms with Gasteiger partial charge in [0, 0.05) is 11.1 Å². The van der Waals surface area contributed by atoms with Gasteiger partial charge in [0.2, 0.25) is 0 Å². The van der Waals surface area contributed by atoms with Crippen LogP contribution in [0.15, 0.2) is 30.4 Å². The van der Waals surface area contributed by atoms with Crippen molar-refractivity contribution in [2.75, 3.05) is 6.61 Å². The van der Waals surface area contributed by atoms with Gasteiger partial charge in [-0.25, -0.2) is 0 Å². The maximum Gasteiger partial charge on any atom is 0.261 e. The predicted octanol–water partition coefficient (Wildman–Crippen LogP) is 3.69. The number of benzene rings is 1. The van der Waals surface area contributed by atoms with Crippen molar-refractivity contribution >= 4 is 29.1 Å². The van der Waals surface area contributed by atoms with Crippen LogP contribution in [0.4, 0.5) is 0 Å². The first kappa shape index (κ1) is 13.8. The van der Waals surface area contributed by atoms with E-state index in [1.165, 1.54) is 0 Å². The molecule has 1 saturated heterocycles. The van der Waals surface area contributed by atoms with Crippen LogP contribution in [0.3, 0.4) is 0 Å². The van der Waals surface area contributed by atoms with Gasteiger partial charge in [-0.3, -0.25) is 4.79 Å². The summed E-state index contributed by atoms with van der Waals surface area (Å²) in [5, 5.41) is 0.972. The van der Waals surface area contributed by atoms with E-state index in [0.717, 1.165) is 19.3 Å². The number of hydrogen-bond donors (Lipinski definition) is 0. The maximum atomic E-state index is 12.3. The van der Waals surface area contributed by atoms with Crippen LogP contribution in [0, 0.1) is 0 Å². The minimum atomic E-state index is 0.0161. The molecule has 2 aliphatic heterocycles. The second kappa shape index (κ2) is 5.66. The minimum Gasteiger partial charge on any atom is -0.482 e. The van der Waals surface area contributed by atoms with Gasteiger partial charge in [0.15, 0.2) is 6.61 Å². The first-order valence-corrected chi connectivity index (χ1v) is 7.46. The lowest BCUT2D eigenvalue weighted by Crippen LogP contribution is -2.44. The van der Waals surface area contributed by atoms with Crippen LogP contribution >= 0.6 is 23.2 Å². The molecule has 0 aliphatic carbocycles. The van der Waals surface area contributed by atoms with Crippen molar-refractivity contribution in [3.63, 3.8) is 0 Å². The van der Waals surface area contributed by atoms with Crippen molar-refractivity contribution in [1.82, 2.24) is 4.90 Å². The van der Waals surface area contributed by atoms with Crippen LogP contribution in [0.25, 0.3) is 0 Å². The van der Waals surface area contributed by atoms with Crippen LogP contribution in [0.2, 0.25) is 10.0 Å². The topological polar surface area (TPSA) is 29.5 Å². The minimum absolute atomic E-state index is 0.0161. The zero-order valence-electron chi connectivity index (χ0n) is 10.9. The van der Waals surface area contributed by atoms with Crippen molar-refractivity contribution < 1.29 is 9.53 Å². The second-order valence-corrected chi connectivity index (χ2v) is 5.97. The number of carbonyl (C=O) groups excluding carboxylic acids is 1. The van der Waals surface area contributed by atoms with Gasteiger partial charge in [-0.2, -0.15) is 0 Å². The second-order valence-electron chi connectivity index (χ2n) is 5.13. The van der Waals surface area contributed by atoms with Crippen LogP contribution in [-0.4, -0.2) is 29.5 Å². The number of nitrogens with zero attached hydrogens (tertiary/aromatic N) is 1. The van der Waals surface area contributed by atoms with E-state index >= 15 is 0 Å². The summed E-state index contributed by atoms with van der Waals surface area (Å²) < 4.78 is 5.53. The zero-order valence-corrected chi connectivity index (χ0v) is 12.4. The molecule has 2 heterocycles. The van der Waals surface area contributed by atoms with E-state index in [-0.39, 0.29) is 18.6 Å². The molecule has 2 aliphatic rings. The third-order valence-corrected chi connectivity index (χ3v) is 4.38. The summed E-state index contributed by atoms with van der Waals surface area (Å²) in [6, 6.07) is 5.56. The normalized spacial score (nSPS) is 24.0. The molecule has 3 nitrogen and oxygen atoms in total. The summed E-state index contributed by atoms with van der Waals surface area (Å²) >= 11 is 11.8. The molecule has 2 unspecified atom stereocenters. The number of ether oxygens (including phenoxy) is 1. The fourth-order valence-electron chi connectivity index (χ4n) is 2.92. The monoisotopic (exact) mass is 311 g/mol. The highest BCUT2D eigenvalue weighted by molar-refractivity contribution is 6.35. The molecule has 3 rings (SSSR count). The number of rotatable bonds is 3. The molecule has 2 bridgehead atoms. The molecule has 0 aromatic heterocycles. The molecule has 0 spiro atoms. The average Bonchev–Trinajstić information content (AvgIpc) is 2.67. The third-order valence-electron chi connectivity index (χ3n) is 3.85. The van der Waals surface area contributed by atoms with Crippen molar-refractivity contribution in [3.8, 4) is 5.75 Å². The molecule has 20 heavy (non-hydrogen) atoms. The van der Waals surface area contributed by atoms with Gasteiger partial charge in [0.25, 0.3) is 5.91 Å². The Balaban J connectivity index is 1.64. The first-order chi connectivity index (χ1) is 9.65. The number of hydrogen-bond acceptors (Lipinski definition) is 2. The Bertz CT molecular complexity index is 559. The van der Waals surface area contributed by atoms with Gasteiger partial charge in [0.05, 0.1) is 11.1 Å². The quantitative estimate of drug-likeness (QED) is 0.797. The Kier molecular flexibility index (Phi) is 3.90. The SMILES string of the molecule is O=C(COc1ccc(Cl)cc1Cl)N1C2C=CCC1CC2. The van der Waals surface area contributed by atoms with E-state index in [4.69, 9.17) is 27.9 Å². The molecule has 1 fully saturated rings. The summed E-state index contributed by atoms with van der Waals surface area (Å²) in [7, 11) is 0. The van der Waals surface area contributed by atoms with Gasteiger partial charge < -0.3 is 9.64 Å². The third kappa shape index (κ3) is 2.65. The van der Waals surface area contributed by atoms with Gasteiger partial charge in [0.1, 0.15) is 5.75 Å². The highest BCUT2D eigenvalue weighted by Gasteiger charge is 2.37. The van der Waals surface area contributed by atoms with Gasteiger partial charge in [-0.1, -0.05) is 35.4 Å². The van der Waals surface area contributed by atoms with Crippen molar-refractivity contribution in [3.05, 3.63) is 40.4 Å². The fourth-order valence-corrected chi connectivity index (χ4v) is 3.38. The number of carbonyl (C=O) groups is 1. The van der Waals surface area contributed by atoms with E-state index in [9.17, 15) is 4.79 Å². The van der Waals surface area contributed by atoms with E-state index in [1.807, 2.05) is 4.90 Å². The Hall–Kier alpha value is -1.19. The molecule has 1 amide bonds. The molecule has 0 saturated carbocycles. The summed E-state index contributed by atoms with van der Waals surface area (Å²) in [5.74, 6) is 0.511. The molecule has 2 atom stereocenters. The van der Waals surface area contributed by atoms with Crippen molar-refractivity contribution in [1.29, 1.82) is 0 Å². The van der Waals surface area contributed by atoms with E-state index < -0.39 is 0 Å². The molecule has 0 N–H and O–H groups in total. The van der Waals surface area contributed by atoms with Crippen molar-refractivity contribution in [2.24, 2.45) is 0 Å². The maximum absolute atomic E-state index is 12.3. The fraction of sp³-hybridized carbons (Fsp3) is 0.400. The number of amides is 1. The molecule has 0 radical (unpaired) electrons. The Morgan fingerprint density at radius 1 is 1.35 bits per heavy atom. The van der Waals surface area contributed by atoms with E-state index in [2.05, 4.69) is 12.2 Å². The summed E-state index contributed by atoms with van der Waals surface area (Å²) in [6.45, 7) is 0.0161. The smallest absolute Gasteiger partial charge is 0.261 e. The summed E-state index contributed by atoms with van der Waals surface area (Å²) in [6.07, 6.45) is 7.36. The lowest BCUT2D eigenvalue weighted by atomic mass is 10.1. The van der Waals surface area contributed by atoms with Crippen LogP contribution in [0.5, 0.6) is 5.75 Å². The summed E-state index contributed by atoms with van der Waals surface area (Å²) in [4.78, 5) is 14.3. The Morgan fingerprint density at radius 2 is 2.20 bits per heavy atom. The zero-order chi connectivity index (χ0) is 14.1. The highest BCUT2D eigenvalue weighted by atomic mass is 35.5. The Labute approximate surface area is 128 Å². The van der Waals surface area contributed by atoms with Crippen molar-refractivity contribution in [2.45, 2.75) is 31.3 Å². The first-order valence-electron chi connectivity index (χ1n) is 6.71. The predicted molar refractivity (Wildman–Crippen MR) is 79.4 cm³/mol.